The fourth-order valence-corrected chi connectivity index (χ4v) is 2.45. The minimum absolute atomic E-state index is 0.0683. The number of carbonyl (C=O) groups is 1. The van der Waals surface area contributed by atoms with Gasteiger partial charge in [0.05, 0.1) is 3.79 Å². The minimum atomic E-state index is 0.0683. The summed E-state index contributed by atoms with van der Waals surface area (Å²) in [4.78, 5) is 11.9. The summed E-state index contributed by atoms with van der Waals surface area (Å²) in [5.74, 6) is 0.0683. The molecule has 0 fully saturated rings. The topological polar surface area (TPSA) is 17.1 Å². The maximum absolute atomic E-state index is 11.9. The van der Waals surface area contributed by atoms with Crippen LogP contribution in [0.5, 0.6) is 0 Å². The Morgan fingerprint density at radius 1 is 1.14 bits per heavy atom. The second-order valence-electron chi connectivity index (χ2n) is 2.80. The summed E-state index contributed by atoms with van der Waals surface area (Å²) in [7, 11) is 0. The second kappa shape index (κ2) is 4.07. The smallest absolute Gasteiger partial charge is 0.195 e. The average molecular weight is 267 g/mol. The lowest BCUT2D eigenvalue weighted by Crippen LogP contribution is -1.99. The molecule has 0 atom stereocenters. The molecular weight excluding hydrogens is 260 g/mol. The molecule has 1 aromatic carbocycles. The second-order valence-corrected chi connectivity index (χ2v) is 5.04. The minimum Gasteiger partial charge on any atom is -0.289 e. The van der Waals surface area contributed by atoms with Crippen molar-refractivity contribution in [3.05, 3.63) is 56.7 Å². The van der Waals surface area contributed by atoms with Gasteiger partial charge in [-0.1, -0.05) is 30.3 Å². The summed E-state index contributed by atoms with van der Waals surface area (Å²) >= 11 is 4.89. The fourth-order valence-electron chi connectivity index (χ4n) is 1.20. The van der Waals surface area contributed by atoms with Gasteiger partial charge < -0.3 is 0 Å². The molecular formula is C11H7BrOS. The zero-order valence-electron chi connectivity index (χ0n) is 7.24. The van der Waals surface area contributed by atoms with Crippen LogP contribution in [0.25, 0.3) is 0 Å². The molecule has 0 aliphatic carbocycles. The van der Waals surface area contributed by atoms with Crippen LogP contribution in [0.15, 0.2) is 45.6 Å². The van der Waals surface area contributed by atoms with Crippen LogP contribution in [-0.2, 0) is 0 Å². The van der Waals surface area contributed by atoms with Gasteiger partial charge in [0.2, 0.25) is 0 Å². The van der Waals surface area contributed by atoms with Crippen LogP contribution in [0.1, 0.15) is 15.9 Å². The third-order valence-electron chi connectivity index (χ3n) is 1.90. The molecule has 0 amide bonds. The highest BCUT2D eigenvalue weighted by molar-refractivity contribution is 9.11. The summed E-state index contributed by atoms with van der Waals surface area (Å²) < 4.78 is 0.895. The molecule has 2 aromatic rings. The Bertz CT molecular complexity index is 447. The van der Waals surface area contributed by atoms with Gasteiger partial charge in [-0.3, -0.25) is 4.79 Å². The predicted molar refractivity (Wildman–Crippen MR) is 61.9 cm³/mol. The number of rotatable bonds is 2. The summed E-state index contributed by atoms with van der Waals surface area (Å²) in [5, 5.41) is 1.90. The van der Waals surface area contributed by atoms with Crippen LogP contribution in [0.2, 0.25) is 0 Å². The Morgan fingerprint density at radius 3 is 2.43 bits per heavy atom. The number of ketones is 1. The summed E-state index contributed by atoms with van der Waals surface area (Å²) in [6.07, 6.45) is 0. The van der Waals surface area contributed by atoms with Gasteiger partial charge in [-0.05, 0) is 27.4 Å². The van der Waals surface area contributed by atoms with Gasteiger partial charge in [0.25, 0.3) is 0 Å². The number of hydrogen-bond donors (Lipinski definition) is 0. The highest BCUT2D eigenvalue weighted by Crippen LogP contribution is 2.25. The molecule has 0 aliphatic rings. The van der Waals surface area contributed by atoms with Crippen molar-refractivity contribution in [3.8, 4) is 0 Å². The van der Waals surface area contributed by atoms with Crippen LogP contribution < -0.4 is 0 Å². The van der Waals surface area contributed by atoms with E-state index in [2.05, 4.69) is 15.9 Å². The van der Waals surface area contributed by atoms with Crippen molar-refractivity contribution < 1.29 is 4.79 Å². The summed E-state index contributed by atoms with van der Waals surface area (Å²) in [6.45, 7) is 0. The Kier molecular flexibility index (Phi) is 2.79. The molecule has 2 rings (SSSR count). The Labute approximate surface area is 94.5 Å². The molecule has 0 radical (unpaired) electrons. The van der Waals surface area contributed by atoms with E-state index < -0.39 is 0 Å². The van der Waals surface area contributed by atoms with E-state index in [4.69, 9.17) is 0 Å². The lowest BCUT2D eigenvalue weighted by atomic mass is 10.1. The highest BCUT2D eigenvalue weighted by Gasteiger charge is 2.12. The fraction of sp³-hybridized carbons (Fsp3) is 0. The third kappa shape index (κ3) is 1.79. The van der Waals surface area contributed by atoms with Crippen LogP contribution >= 0.6 is 27.3 Å². The first-order valence-electron chi connectivity index (χ1n) is 4.12. The van der Waals surface area contributed by atoms with Crippen LogP contribution in [0.4, 0.5) is 0 Å². The van der Waals surface area contributed by atoms with E-state index in [0.29, 0.717) is 0 Å². The van der Waals surface area contributed by atoms with Gasteiger partial charge in [0.1, 0.15) is 0 Å². The van der Waals surface area contributed by atoms with Gasteiger partial charge in [-0.2, -0.15) is 0 Å². The van der Waals surface area contributed by atoms with E-state index in [1.54, 1.807) is 0 Å². The van der Waals surface area contributed by atoms with Crippen molar-refractivity contribution in [1.29, 1.82) is 0 Å². The largest absolute Gasteiger partial charge is 0.289 e. The maximum atomic E-state index is 11.9. The van der Waals surface area contributed by atoms with Crippen LogP contribution in [-0.4, -0.2) is 5.78 Å². The van der Waals surface area contributed by atoms with E-state index in [9.17, 15) is 4.79 Å². The van der Waals surface area contributed by atoms with Crippen molar-refractivity contribution in [3.63, 3.8) is 0 Å². The van der Waals surface area contributed by atoms with Crippen molar-refractivity contribution in [2.24, 2.45) is 0 Å². The standard InChI is InChI=1S/C11H7BrOS/c12-11-9(6-7-14-11)10(13)8-4-2-1-3-5-8/h1-7H. The third-order valence-corrected chi connectivity index (χ3v) is 3.59. The normalized spacial score (nSPS) is 10.1. The van der Waals surface area contributed by atoms with Crippen molar-refractivity contribution in [2.45, 2.75) is 0 Å². The molecule has 1 heterocycles. The van der Waals surface area contributed by atoms with Gasteiger partial charge in [-0.15, -0.1) is 11.3 Å². The van der Waals surface area contributed by atoms with Crippen molar-refractivity contribution in [2.75, 3.05) is 0 Å². The summed E-state index contributed by atoms with van der Waals surface area (Å²) in [5.41, 5.74) is 1.47. The molecule has 1 aromatic heterocycles. The first-order chi connectivity index (χ1) is 6.79. The SMILES string of the molecule is O=C(c1ccccc1)c1ccsc1Br. The summed E-state index contributed by atoms with van der Waals surface area (Å²) in [6, 6.07) is 11.1. The van der Waals surface area contributed by atoms with Crippen molar-refractivity contribution in [1.82, 2.24) is 0 Å². The van der Waals surface area contributed by atoms with E-state index in [1.165, 1.54) is 11.3 Å². The Balaban J connectivity index is 2.39. The molecule has 0 unspecified atom stereocenters. The molecule has 0 spiro atoms. The average Bonchev–Trinajstić information content (AvgIpc) is 2.65. The molecule has 70 valence electrons. The molecule has 0 saturated heterocycles. The Morgan fingerprint density at radius 2 is 1.86 bits per heavy atom. The monoisotopic (exact) mass is 266 g/mol. The molecule has 0 saturated carbocycles. The van der Waals surface area contributed by atoms with Crippen LogP contribution in [0.3, 0.4) is 0 Å². The Hall–Kier alpha value is -0.930. The number of benzene rings is 1. The molecule has 0 bridgehead atoms. The molecule has 0 N–H and O–H groups in total. The maximum Gasteiger partial charge on any atom is 0.195 e. The zero-order chi connectivity index (χ0) is 9.97. The lowest BCUT2D eigenvalue weighted by molar-refractivity contribution is 0.103. The van der Waals surface area contributed by atoms with Gasteiger partial charge in [0.15, 0.2) is 5.78 Å². The van der Waals surface area contributed by atoms with E-state index in [-0.39, 0.29) is 5.78 Å². The molecule has 14 heavy (non-hydrogen) atoms. The van der Waals surface area contributed by atoms with Crippen LogP contribution in [0, 0.1) is 0 Å². The zero-order valence-corrected chi connectivity index (χ0v) is 9.64. The van der Waals surface area contributed by atoms with E-state index >= 15 is 0 Å². The quantitative estimate of drug-likeness (QED) is 0.757. The highest BCUT2D eigenvalue weighted by atomic mass is 79.9. The molecule has 3 heteroatoms. The molecule has 1 nitrogen and oxygen atoms in total. The van der Waals surface area contributed by atoms with Gasteiger partial charge in [-0.25, -0.2) is 0 Å². The number of carbonyl (C=O) groups excluding carboxylic acids is 1. The van der Waals surface area contributed by atoms with E-state index in [0.717, 1.165) is 14.9 Å². The first kappa shape index (κ1) is 9.62. The van der Waals surface area contributed by atoms with E-state index in [1.807, 2.05) is 41.8 Å². The number of hydrogen-bond acceptors (Lipinski definition) is 2. The number of thiophene rings is 1. The number of halogens is 1. The van der Waals surface area contributed by atoms with Crippen molar-refractivity contribution >= 4 is 33.0 Å². The molecule has 0 aliphatic heterocycles. The van der Waals surface area contributed by atoms with Gasteiger partial charge in [0, 0.05) is 11.1 Å². The lowest BCUT2D eigenvalue weighted by Gasteiger charge is -1.97. The first-order valence-corrected chi connectivity index (χ1v) is 5.79. The predicted octanol–water partition coefficient (Wildman–Crippen LogP) is 3.74. The van der Waals surface area contributed by atoms with Gasteiger partial charge >= 0.3 is 0 Å².